The molecule has 0 spiro atoms. The average molecular weight is 264 g/mol. The topological polar surface area (TPSA) is 71.2 Å². The van der Waals surface area contributed by atoms with E-state index < -0.39 is 0 Å². The van der Waals surface area contributed by atoms with Gasteiger partial charge in [-0.3, -0.25) is 15.1 Å². The van der Waals surface area contributed by atoms with Crippen LogP contribution in [0.5, 0.6) is 0 Å². The summed E-state index contributed by atoms with van der Waals surface area (Å²) in [6.45, 7) is 7.36. The van der Waals surface area contributed by atoms with Crippen LogP contribution in [-0.4, -0.2) is 28.9 Å². The largest absolute Gasteiger partial charge is 0.298 e. The highest BCUT2D eigenvalue weighted by molar-refractivity contribution is 5.91. The minimum atomic E-state index is -0.361. The van der Waals surface area contributed by atoms with E-state index in [0.717, 1.165) is 18.7 Å². The second-order valence-corrected chi connectivity index (χ2v) is 5.38. The molecule has 3 N–H and O–H groups in total. The standard InChI is InChI=1S/C14H24N4O/c1-10(2)8-11(3)18(4)9-12-6-5-7-13(16-12)14(19)17-15/h5-7,10-11H,8-9,15H2,1-4H3,(H,17,19). The van der Waals surface area contributed by atoms with Crippen molar-refractivity contribution in [3.8, 4) is 0 Å². The van der Waals surface area contributed by atoms with Crippen molar-refractivity contribution in [2.24, 2.45) is 11.8 Å². The minimum Gasteiger partial charge on any atom is -0.298 e. The van der Waals surface area contributed by atoms with Crippen molar-refractivity contribution in [2.45, 2.75) is 39.8 Å². The number of pyridine rings is 1. The molecule has 19 heavy (non-hydrogen) atoms. The van der Waals surface area contributed by atoms with E-state index in [4.69, 9.17) is 5.84 Å². The lowest BCUT2D eigenvalue weighted by molar-refractivity contribution is 0.0948. The van der Waals surface area contributed by atoms with Crippen LogP contribution in [-0.2, 0) is 6.54 Å². The molecule has 1 unspecified atom stereocenters. The minimum absolute atomic E-state index is 0.352. The molecule has 1 atom stereocenters. The summed E-state index contributed by atoms with van der Waals surface area (Å²) in [4.78, 5) is 18.0. The monoisotopic (exact) mass is 264 g/mol. The summed E-state index contributed by atoms with van der Waals surface area (Å²) in [7, 11) is 2.07. The number of hydrogen-bond acceptors (Lipinski definition) is 4. The van der Waals surface area contributed by atoms with E-state index in [9.17, 15) is 4.79 Å². The lowest BCUT2D eigenvalue weighted by Crippen LogP contribution is -2.32. The number of nitrogen functional groups attached to an aromatic ring is 1. The highest BCUT2D eigenvalue weighted by Crippen LogP contribution is 2.12. The van der Waals surface area contributed by atoms with E-state index in [0.29, 0.717) is 17.7 Å². The molecule has 0 aromatic carbocycles. The maximum Gasteiger partial charge on any atom is 0.283 e. The van der Waals surface area contributed by atoms with Crippen LogP contribution in [0.1, 0.15) is 43.4 Å². The third-order valence-corrected chi connectivity index (χ3v) is 3.15. The molecule has 1 rings (SSSR count). The van der Waals surface area contributed by atoms with E-state index in [1.807, 2.05) is 12.1 Å². The van der Waals surface area contributed by atoms with Gasteiger partial charge in [0.25, 0.3) is 5.91 Å². The number of hydrogen-bond donors (Lipinski definition) is 2. The molecule has 1 heterocycles. The molecular weight excluding hydrogens is 240 g/mol. The van der Waals surface area contributed by atoms with Gasteiger partial charge in [0.05, 0.1) is 5.69 Å². The number of amides is 1. The molecule has 1 amide bonds. The Kier molecular flexibility index (Phi) is 5.92. The van der Waals surface area contributed by atoms with Crippen LogP contribution in [0.2, 0.25) is 0 Å². The predicted octanol–water partition coefficient (Wildman–Crippen LogP) is 1.55. The van der Waals surface area contributed by atoms with Crippen molar-refractivity contribution in [1.82, 2.24) is 15.3 Å². The molecule has 1 aromatic rings. The van der Waals surface area contributed by atoms with Crippen LogP contribution in [0.3, 0.4) is 0 Å². The highest BCUT2D eigenvalue weighted by Gasteiger charge is 2.13. The molecular formula is C14H24N4O. The van der Waals surface area contributed by atoms with Gasteiger partial charge in [-0.2, -0.15) is 0 Å². The van der Waals surface area contributed by atoms with Gasteiger partial charge in [-0.1, -0.05) is 19.9 Å². The van der Waals surface area contributed by atoms with Crippen LogP contribution in [0, 0.1) is 5.92 Å². The number of rotatable bonds is 6. The molecule has 0 fully saturated rings. The predicted molar refractivity (Wildman–Crippen MR) is 76.3 cm³/mol. The molecule has 0 aliphatic carbocycles. The van der Waals surface area contributed by atoms with E-state index >= 15 is 0 Å². The first-order valence-electron chi connectivity index (χ1n) is 6.61. The number of carbonyl (C=O) groups excluding carboxylic acids is 1. The van der Waals surface area contributed by atoms with Gasteiger partial charge in [0, 0.05) is 12.6 Å². The van der Waals surface area contributed by atoms with Crippen LogP contribution in [0.25, 0.3) is 0 Å². The van der Waals surface area contributed by atoms with E-state index in [2.05, 4.69) is 43.1 Å². The molecule has 5 heteroatoms. The van der Waals surface area contributed by atoms with E-state index in [1.165, 1.54) is 0 Å². The molecule has 0 saturated heterocycles. The Balaban J connectivity index is 2.68. The summed E-state index contributed by atoms with van der Waals surface area (Å²) in [6.07, 6.45) is 1.14. The van der Waals surface area contributed by atoms with Crippen molar-refractivity contribution >= 4 is 5.91 Å². The zero-order valence-electron chi connectivity index (χ0n) is 12.2. The summed E-state index contributed by atoms with van der Waals surface area (Å²) in [5.41, 5.74) is 3.32. The van der Waals surface area contributed by atoms with Crippen LogP contribution >= 0.6 is 0 Å². The smallest absolute Gasteiger partial charge is 0.283 e. The number of hydrazine groups is 1. The van der Waals surface area contributed by atoms with Gasteiger partial charge in [0.1, 0.15) is 5.69 Å². The number of aromatic nitrogens is 1. The Labute approximate surface area is 115 Å². The van der Waals surface area contributed by atoms with Crippen molar-refractivity contribution in [3.63, 3.8) is 0 Å². The Hall–Kier alpha value is -1.46. The normalized spacial score (nSPS) is 12.8. The Bertz CT molecular complexity index is 420. The fourth-order valence-corrected chi connectivity index (χ4v) is 2.04. The zero-order chi connectivity index (χ0) is 14.4. The lowest BCUT2D eigenvalue weighted by Gasteiger charge is -2.25. The van der Waals surface area contributed by atoms with Gasteiger partial charge >= 0.3 is 0 Å². The molecule has 5 nitrogen and oxygen atoms in total. The van der Waals surface area contributed by atoms with Gasteiger partial charge in [0.2, 0.25) is 0 Å². The van der Waals surface area contributed by atoms with Gasteiger partial charge in [-0.15, -0.1) is 0 Å². The Morgan fingerprint density at radius 1 is 1.42 bits per heavy atom. The van der Waals surface area contributed by atoms with Crippen molar-refractivity contribution in [2.75, 3.05) is 7.05 Å². The third-order valence-electron chi connectivity index (χ3n) is 3.15. The van der Waals surface area contributed by atoms with Crippen molar-refractivity contribution in [3.05, 3.63) is 29.6 Å². The first-order valence-corrected chi connectivity index (χ1v) is 6.61. The molecule has 0 aliphatic rings. The molecule has 0 bridgehead atoms. The molecule has 0 aliphatic heterocycles. The Morgan fingerprint density at radius 2 is 2.11 bits per heavy atom. The van der Waals surface area contributed by atoms with Gasteiger partial charge in [-0.05, 0) is 38.4 Å². The first-order chi connectivity index (χ1) is 8.93. The Morgan fingerprint density at radius 3 is 2.68 bits per heavy atom. The van der Waals surface area contributed by atoms with Gasteiger partial charge in [-0.25, -0.2) is 10.8 Å². The van der Waals surface area contributed by atoms with Crippen molar-refractivity contribution < 1.29 is 4.79 Å². The fraction of sp³-hybridized carbons (Fsp3) is 0.571. The number of nitrogens with zero attached hydrogens (tertiary/aromatic N) is 2. The summed E-state index contributed by atoms with van der Waals surface area (Å²) in [5, 5.41) is 0. The quantitative estimate of drug-likeness (QED) is 0.464. The molecule has 0 saturated carbocycles. The van der Waals surface area contributed by atoms with E-state index in [1.54, 1.807) is 6.07 Å². The number of nitrogens with two attached hydrogens (primary N) is 1. The second kappa shape index (κ2) is 7.21. The number of carbonyl (C=O) groups is 1. The van der Waals surface area contributed by atoms with Crippen LogP contribution in [0.4, 0.5) is 0 Å². The maximum atomic E-state index is 11.4. The summed E-state index contributed by atoms with van der Waals surface area (Å²) in [6, 6.07) is 5.89. The maximum absolute atomic E-state index is 11.4. The summed E-state index contributed by atoms with van der Waals surface area (Å²) < 4.78 is 0. The number of nitrogens with one attached hydrogen (secondary N) is 1. The lowest BCUT2D eigenvalue weighted by atomic mass is 10.0. The van der Waals surface area contributed by atoms with Crippen LogP contribution < -0.4 is 11.3 Å². The molecule has 106 valence electrons. The summed E-state index contributed by atoms with van der Waals surface area (Å²) >= 11 is 0. The molecule has 1 aromatic heterocycles. The summed E-state index contributed by atoms with van der Waals surface area (Å²) in [5.74, 6) is 5.41. The SMILES string of the molecule is CC(C)CC(C)N(C)Cc1cccc(C(=O)NN)n1. The van der Waals surface area contributed by atoms with Gasteiger partial charge in [0.15, 0.2) is 0 Å². The van der Waals surface area contributed by atoms with E-state index in [-0.39, 0.29) is 5.91 Å². The molecule has 0 radical (unpaired) electrons. The average Bonchev–Trinajstić information content (AvgIpc) is 2.37. The van der Waals surface area contributed by atoms with Gasteiger partial charge < -0.3 is 0 Å². The van der Waals surface area contributed by atoms with Crippen LogP contribution in [0.15, 0.2) is 18.2 Å². The zero-order valence-corrected chi connectivity index (χ0v) is 12.2. The highest BCUT2D eigenvalue weighted by atomic mass is 16.2. The van der Waals surface area contributed by atoms with Crippen molar-refractivity contribution in [1.29, 1.82) is 0 Å². The fourth-order valence-electron chi connectivity index (χ4n) is 2.04. The first kappa shape index (κ1) is 15.6. The third kappa shape index (κ3) is 4.96. The second-order valence-electron chi connectivity index (χ2n) is 5.38.